The van der Waals surface area contributed by atoms with E-state index in [2.05, 4.69) is 36.0 Å². The number of nitrogens with zero attached hydrogens (tertiary/aromatic N) is 1. The predicted molar refractivity (Wildman–Crippen MR) is 91.2 cm³/mol. The van der Waals surface area contributed by atoms with E-state index in [0.29, 0.717) is 0 Å². The zero-order chi connectivity index (χ0) is 15.6. The smallest absolute Gasteiger partial charge is 0.0693 e. The SMILES string of the molecule is C=C1CCC(N2Cc3ccc(N)cc3C2=C)C(=C)N1.CC. The largest absolute Gasteiger partial charge is 0.399 e. The monoisotopic (exact) mass is 283 g/mol. The van der Waals surface area contributed by atoms with Crippen LogP contribution in [0.3, 0.4) is 0 Å². The van der Waals surface area contributed by atoms with Gasteiger partial charge in [-0.25, -0.2) is 0 Å². The van der Waals surface area contributed by atoms with Crippen LogP contribution in [0.1, 0.15) is 37.8 Å². The minimum Gasteiger partial charge on any atom is -0.399 e. The molecule has 1 saturated heterocycles. The molecule has 112 valence electrons. The van der Waals surface area contributed by atoms with Crippen LogP contribution in [0.15, 0.2) is 49.3 Å². The molecule has 1 unspecified atom stereocenters. The molecular formula is C18H25N3. The third-order valence-electron chi connectivity index (χ3n) is 3.97. The highest BCUT2D eigenvalue weighted by Crippen LogP contribution is 2.37. The van der Waals surface area contributed by atoms with Gasteiger partial charge in [-0.2, -0.15) is 0 Å². The topological polar surface area (TPSA) is 41.3 Å². The van der Waals surface area contributed by atoms with Crippen molar-refractivity contribution in [3.8, 4) is 0 Å². The number of nitrogens with two attached hydrogens (primary N) is 1. The van der Waals surface area contributed by atoms with Gasteiger partial charge in [0.2, 0.25) is 0 Å². The Morgan fingerprint density at radius 3 is 2.62 bits per heavy atom. The summed E-state index contributed by atoms with van der Waals surface area (Å²) in [5.41, 5.74) is 12.2. The minimum atomic E-state index is 0.284. The number of rotatable bonds is 1. The van der Waals surface area contributed by atoms with E-state index in [4.69, 9.17) is 5.73 Å². The van der Waals surface area contributed by atoms with Crippen molar-refractivity contribution in [3.63, 3.8) is 0 Å². The van der Waals surface area contributed by atoms with Crippen LogP contribution in [0.25, 0.3) is 5.70 Å². The molecular weight excluding hydrogens is 258 g/mol. The maximum absolute atomic E-state index is 5.86. The standard InChI is InChI=1S/C16H19N3.C2H6/c1-10-4-7-16(11(2)18-10)19-9-13-5-6-14(17)8-15(13)12(19)3;1-2/h5-6,8,16,18H,1-4,7,9,17H2;1-2H3. The molecule has 1 aromatic rings. The summed E-state index contributed by atoms with van der Waals surface area (Å²) in [6.45, 7) is 17.2. The molecule has 2 aliphatic heterocycles. The lowest BCUT2D eigenvalue weighted by atomic mass is 10.0. The van der Waals surface area contributed by atoms with E-state index in [1.807, 2.05) is 26.0 Å². The summed E-state index contributed by atoms with van der Waals surface area (Å²) in [5, 5.41) is 3.27. The number of hydrogen-bond acceptors (Lipinski definition) is 3. The molecule has 1 atom stereocenters. The number of fused-ring (bicyclic) bond motifs is 1. The molecule has 0 bridgehead atoms. The molecule has 1 fully saturated rings. The summed E-state index contributed by atoms with van der Waals surface area (Å²) in [4.78, 5) is 2.31. The maximum atomic E-state index is 5.86. The van der Waals surface area contributed by atoms with E-state index < -0.39 is 0 Å². The number of benzene rings is 1. The van der Waals surface area contributed by atoms with Crippen LogP contribution in [0.4, 0.5) is 5.69 Å². The van der Waals surface area contributed by atoms with Gasteiger partial charge in [-0.15, -0.1) is 0 Å². The number of nitrogen functional groups attached to an aromatic ring is 1. The summed E-state index contributed by atoms with van der Waals surface area (Å²) in [6, 6.07) is 6.33. The average Bonchev–Trinajstić information content (AvgIpc) is 2.78. The molecule has 3 rings (SSSR count). The fraction of sp³-hybridized carbons (Fsp3) is 0.333. The molecule has 0 aliphatic carbocycles. The second kappa shape index (κ2) is 6.08. The Morgan fingerprint density at radius 1 is 1.24 bits per heavy atom. The Bertz CT molecular complexity index is 586. The van der Waals surface area contributed by atoms with E-state index in [1.165, 1.54) is 5.56 Å². The number of nitrogens with one attached hydrogen (secondary N) is 1. The molecule has 3 N–H and O–H groups in total. The minimum absolute atomic E-state index is 0.284. The number of hydrogen-bond donors (Lipinski definition) is 2. The summed E-state index contributed by atoms with van der Waals surface area (Å²) in [5.74, 6) is 0. The molecule has 0 spiro atoms. The first-order valence-corrected chi connectivity index (χ1v) is 7.54. The highest BCUT2D eigenvalue weighted by atomic mass is 15.2. The van der Waals surface area contributed by atoms with Gasteiger partial charge in [-0.1, -0.05) is 39.7 Å². The van der Waals surface area contributed by atoms with Crippen molar-refractivity contribution < 1.29 is 0 Å². The van der Waals surface area contributed by atoms with Crippen LogP contribution in [0.2, 0.25) is 0 Å². The van der Waals surface area contributed by atoms with E-state index in [1.54, 1.807) is 0 Å². The molecule has 0 saturated carbocycles. The van der Waals surface area contributed by atoms with Crippen molar-refractivity contribution in [1.29, 1.82) is 0 Å². The first-order valence-electron chi connectivity index (χ1n) is 7.54. The van der Waals surface area contributed by atoms with Gasteiger partial charge in [0, 0.05) is 34.9 Å². The van der Waals surface area contributed by atoms with Crippen LogP contribution in [-0.2, 0) is 6.54 Å². The lowest BCUT2D eigenvalue weighted by molar-refractivity contribution is 0.297. The van der Waals surface area contributed by atoms with Crippen molar-refractivity contribution >= 4 is 11.4 Å². The van der Waals surface area contributed by atoms with E-state index >= 15 is 0 Å². The quantitative estimate of drug-likeness (QED) is 0.769. The molecule has 0 amide bonds. The van der Waals surface area contributed by atoms with Crippen molar-refractivity contribution in [3.05, 3.63) is 60.5 Å². The number of piperidine rings is 1. The Kier molecular flexibility index (Phi) is 4.41. The van der Waals surface area contributed by atoms with Crippen LogP contribution in [0.5, 0.6) is 0 Å². The van der Waals surface area contributed by atoms with Crippen LogP contribution < -0.4 is 11.1 Å². The molecule has 3 nitrogen and oxygen atoms in total. The second-order valence-electron chi connectivity index (χ2n) is 5.30. The van der Waals surface area contributed by atoms with Crippen molar-refractivity contribution in [2.75, 3.05) is 5.73 Å². The highest BCUT2D eigenvalue weighted by Gasteiger charge is 2.31. The third-order valence-corrected chi connectivity index (χ3v) is 3.97. The fourth-order valence-electron chi connectivity index (χ4n) is 2.93. The Labute approximate surface area is 127 Å². The first-order chi connectivity index (χ1) is 10.1. The van der Waals surface area contributed by atoms with Gasteiger partial charge in [-0.05, 0) is 30.5 Å². The zero-order valence-electron chi connectivity index (χ0n) is 13.1. The van der Waals surface area contributed by atoms with Crippen molar-refractivity contribution in [2.24, 2.45) is 0 Å². The Morgan fingerprint density at radius 2 is 1.95 bits per heavy atom. The van der Waals surface area contributed by atoms with Gasteiger partial charge < -0.3 is 16.0 Å². The number of allylic oxidation sites excluding steroid dienone is 1. The van der Waals surface area contributed by atoms with Gasteiger partial charge in [0.15, 0.2) is 0 Å². The molecule has 2 heterocycles. The van der Waals surface area contributed by atoms with E-state index in [-0.39, 0.29) is 6.04 Å². The average molecular weight is 283 g/mol. The summed E-state index contributed by atoms with van der Waals surface area (Å²) >= 11 is 0. The molecule has 21 heavy (non-hydrogen) atoms. The predicted octanol–water partition coefficient (Wildman–Crippen LogP) is 3.86. The van der Waals surface area contributed by atoms with E-state index in [9.17, 15) is 0 Å². The van der Waals surface area contributed by atoms with Gasteiger partial charge in [-0.3, -0.25) is 0 Å². The van der Waals surface area contributed by atoms with Gasteiger partial charge >= 0.3 is 0 Å². The highest BCUT2D eigenvalue weighted by molar-refractivity contribution is 5.72. The second-order valence-corrected chi connectivity index (χ2v) is 5.30. The fourth-order valence-corrected chi connectivity index (χ4v) is 2.93. The number of anilines is 1. The Hall–Kier alpha value is -2.16. The molecule has 2 aliphatic rings. The summed E-state index contributed by atoms with van der Waals surface area (Å²) < 4.78 is 0. The Balaban J connectivity index is 0.000000774. The molecule has 0 aromatic heterocycles. The molecule has 3 heteroatoms. The lowest BCUT2D eigenvalue weighted by Gasteiger charge is -2.36. The molecule has 1 aromatic carbocycles. The van der Waals surface area contributed by atoms with Gasteiger partial charge in [0.25, 0.3) is 0 Å². The maximum Gasteiger partial charge on any atom is 0.0693 e. The normalized spacial score (nSPS) is 20.6. The molecule has 0 radical (unpaired) electrons. The van der Waals surface area contributed by atoms with Crippen LogP contribution >= 0.6 is 0 Å². The van der Waals surface area contributed by atoms with Crippen LogP contribution in [0, 0.1) is 0 Å². The summed E-state index contributed by atoms with van der Waals surface area (Å²) in [7, 11) is 0. The first kappa shape index (κ1) is 15.2. The van der Waals surface area contributed by atoms with Crippen molar-refractivity contribution in [1.82, 2.24) is 10.2 Å². The van der Waals surface area contributed by atoms with Gasteiger partial charge in [0.05, 0.1) is 6.04 Å². The lowest BCUT2D eigenvalue weighted by Crippen LogP contribution is -2.39. The van der Waals surface area contributed by atoms with Crippen molar-refractivity contribution in [2.45, 2.75) is 39.3 Å². The third kappa shape index (κ3) is 2.82. The van der Waals surface area contributed by atoms with Crippen LogP contribution in [-0.4, -0.2) is 10.9 Å². The van der Waals surface area contributed by atoms with E-state index in [0.717, 1.165) is 47.7 Å². The zero-order valence-corrected chi connectivity index (χ0v) is 13.1. The summed E-state index contributed by atoms with van der Waals surface area (Å²) in [6.07, 6.45) is 2.01. The van der Waals surface area contributed by atoms with Gasteiger partial charge in [0.1, 0.15) is 0 Å².